The van der Waals surface area contributed by atoms with Crippen LogP contribution in [-0.2, 0) is 17.9 Å². The third-order valence-corrected chi connectivity index (χ3v) is 4.47. The van der Waals surface area contributed by atoms with Crippen LogP contribution in [0.1, 0.15) is 43.7 Å². The van der Waals surface area contributed by atoms with Crippen molar-refractivity contribution in [2.24, 2.45) is 0 Å². The van der Waals surface area contributed by atoms with E-state index >= 15 is 0 Å². The quantitative estimate of drug-likeness (QED) is 0.744. The molecular formula is C18H30N2O. The molecule has 118 valence electrons. The molecule has 1 N–H and O–H groups in total. The maximum Gasteiger partial charge on any atom is 0.0719 e. The molecule has 0 aromatic heterocycles. The minimum absolute atomic E-state index is 0.722. The highest BCUT2D eigenvalue weighted by molar-refractivity contribution is 5.26. The van der Waals surface area contributed by atoms with Gasteiger partial charge in [0.05, 0.1) is 6.61 Å². The summed E-state index contributed by atoms with van der Waals surface area (Å²) in [7, 11) is 2.27. The molecular weight excluding hydrogens is 260 g/mol. The predicted octanol–water partition coefficient (Wildman–Crippen LogP) is 3.19. The van der Waals surface area contributed by atoms with Crippen LogP contribution in [0.2, 0.25) is 0 Å². The van der Waals surface area contributed by atoms with Gasteiger partial charge in [-0.1, -0.05) is 30.7 Å². The van der Waals surface area contributed by atoms with E-state index in [1.54, 1.807) is 0 Å². The molecule has 3 heteroatoms. The lowest BCUT2D eigenvalue weighted by molar-refractivity contribution is 0.133. The first-order valence-corrected chi connectivity index (χ1v) is 8.36. The van der Waals surface area contributed by atoms with Gasteiger partial charge in [0.2, 0.25) is 0 Å². The van der Waals surface area contributed by atoms with Gasteiger partial charge in [0.25, 0.3) is 0 Å². The van der Waals surface area contributed by atoms with Crippen molar-refractivity contribution in [2.45, 2.75) is 51.8 Å². The van der Waals surface area contributed by atoms with E-state index in [9.17, 15) is 0 Å². The van der Waals surface area contributed by atoms with Crippen molar-refractivity contribution in [3.05, 3.63) is 35.4 Å². The molecule has 0 aliphatic carbocycles. The lowest BCUT2D eigenvalue weighted by Gasteiger charge is -2.32. The topological polar surface area (TPSA) is 24.5 Å². The summed E-state index contributed by atoms with van der Waals surface area (Å²) in [5.74, 6) is 0. The summed E-state index contributed by atoms with van der Waals surface area (Å²) in [4.78, 5) is 2.52. The lowest BCUT2D eigenvalue weighted by Crippen LogP contribution is -2.38. The van der Waals surface area contributed by atoms with Crippen LogP contribution in [0.25, 0.3) is 0 Å². The highest BCUT2D eigenvalue weighted by Gasteiger charge is 2.17. The summed E-state index contributed by atoms with van der Waals surface area (Å²) < 4.78 is 5.54. The van der Waals surface area contributed by atoms with Crippen molar-refractivity contribution in [3.63, 3.8) is 0 Å². The molecule has 1 aromatic rings. The summed E-state index contributed by atoms with van der Waals surface area (Å²) in [6, 6.07) is 9.34. The van der Waals surface area contributed by atoms with Crippen molar-refractivity contribution in [1.82, 2.24) is 10.2 Å². The highest BCUT2D eigenvalue weighted by Crippen LogP contribution is 2.17. The molecule has 0 radical (unpaired) electrons. The second kappa shape index (κ2) is 9.19. The molecule has 1 aliphatic heterocycles. The van der Waals surface area contributed by atoms with Gasteiger partial charge in [0.1, 0.15) is 0 Å². The fraction of sp³-hybridized carbons (Fsp3) is 0.667. The Morgan fingerprint density at radius 3 is 2.81 bits per heavy atom. The third kappa shape index (κ3) is 5.42. The SMILES string of the molecule is CCOCc1ccccc1CNCCC1CCCCN1C. The Labute approximate surface area is 129 Å². The largest absolute Gasteiger partial charge is 0.377 e. The molecule has 1 aliphatic rings. The molecule has 1 fully saturated rings. The van der Waals surface area contributed by atoms with Gasteiger partial charge < -0.3 is 15.0 Å². The van der Waals surface area contributed by atoms with E-state index in [0.29, 0.717) is 0 Å². The van der Waals surface area contributed by atoms with E-state index < -0.39 is 0 Å². The normalized spacial score (nSPS) is 19.8. The summed E-state index contributed by atoms with van der Waals surface area (Å²) in [6.07, 6.45) is 5.38. The van der Waals surface area contributed by atoms with Gasteiger partial charge in [0, 0.05) is 19.2 Å². The van der Waals surface area contributed by atoms with Crippen LogP contribution >= 0.6 is 0 Å². The maximum atomic E-state index is 5.54. The van der Waals surface area contributed by atoms with Gasteiger partial charge >= 0.3 is 0 Å². The Hall–Kier alpha value is -0.900. The van der Waals surface area contributed by atoms with Gasteiger partial charge in [-0.15, -0.1) is 0 Å². The summed E-state index contributed by atoms with van der Waals surface area (Å²) in [6.45, 7) is 6.84. The molecule has 0 amide bonds. The fourth-order valence-corrected chi connectivity index (χ4v) is 3.08. The van der Waals surface area contributed by atoms with Crippen LogP contribution in [0.5, 0.6) is 0 Å². The molecule has 1 atom stereocenters. The molecule has 3 nitrogen and oxygen atoms in total. The standard InChI is InChI=1S/C18H30N2O/c1-3-21-15-17-9-5-4-8-16(17)14-19-12-11-18-10-6-7-13-20(18)2/h4-5,8-9,18-19H,3,6-7,10-15H2,1-2H3. The minimum atomic E-state index is 0.722. The zero-order valence-electron chi connectivity index (χ0n) is 13.6. The molecule has 1 aromatic carbocycles. The van der Waals surface area contributed by atoms with E-state index in [2.05, 4.69) is 41.5 Å². The van der Waals surface area contributed by atoms with E-state index in [0.717, 1.165) is 32.3 Å². The van der Waals surface area contributed by atoms with Crippen molar-refractivity contribution >= 4 is 0 Å². The average Bonchev–Trinajstić information content (AvgIpc) is 2.52. The lowest BCUT2D eigenvalue weighted by atomic mass is 10.00. The van der Waals surface area contributed by atoms with Gasteiger partial charge in [-0.3, -0.25) is 0 Å². The van der Waals surface area contributed by atoms with Crippen LogP contribution in [0.3, 0.4) is 0 Å². The number of ether oxygens (including phenoxy) is 1. The smallest absolute Gasteiger partial charge is 0.0719 e. The predicted molar refractivity (Wildman–Crippen MR) is 88.4 cm³/mol. The van der Waals surface area contributed by atoms with Crippen LogP contribution in [0, 0.1) is 0 Å². The first-order chi connectivity index (χ1) is 10.3. The number of piperidine rings is 1. The molecule has 1 unspecified atom stereocenters. The van der Waals surface area contributed by atoms with Gasteiger partial charge in [0.15, 0.2) is 0 Å². The number of benzene rings is 1. The van der Waals surface area contributed by atoms with E-state index in [1.807, 2.05) is 6.92 Å². The summed E-state index contributed by atoms with van der Waals surface area (Å²) >= 11 is 0. The highest BCUT2D eigenvalue weighted by atomic mass is 16.5. The molecule has 1 saturated heterocycles. The number of hydrogen-bond donors (Lipinski definition) is 1. The average molecular weight is 290 g/mol. The summed E-state index contributed by atoms with van der Waals surface area (Å²) in [5.41, 5.74) is 2.67. The van der Waals surface area contributed by atoms with Crippen LogP contribution in [0.15, 0.2) is 24.3 Å². The van der Waals surface area contributed by atoms with Crippen molar-refractivity contribution in [3.8, 4) is 0 Å². The zero-order valence-corrected chi connectivity index (χ0v) is 13.6. The second-order valence-electron chi connectivity index (χ2n) is 6.00. The number of nitrogens with one attached hydrogen (secondary N) is 1. The molecule has 21 heavy (non-hydrogen) atoms. The third-order valence-electron chi connectivity index (χ3n) is 4.47. The van der Waals surface area contributed by atoms with E-state index in [1.165, 1.54) is 43.4 Å². The zero-order chi connectivity index (χ0) is 14.9. The Bertz CT molecular complexity index is 408. The number of hydrogen-bond acceptors (Lipinski definition) is 3. The van der Waals surface area contributed by atoms with Crippen LogP contribution in [-0.4, -0.2) is 37.7 Å². The maximum absolute atomic E-state index is 5.54. The van der Waals surface area contributed by atoms with E-state index in [-0.39, 0.29) is 0 Å². The number of likely N-dealkylation sites (tertiary alicyclic amines) is 1. The van der Waals surface area contributed by atoms with E-state index in [4.69, 9.17) is 4.74 Å². The fourth-order valence-electron chi connectivity index (χ4n) is 3.08. The van der Waals surface area contributed by atoms with Crippen molar-refractivity contribution in [1.29, 1.82) is 0 Å². The summed E-state index contributed by atoms with van der Waals surface area (Å²) in [5, 5.41) is 3.60. The number of rotatable bonds is 8. The second-order valence-corrected chi connectivity index (χ2v) is 6.00. The Balaban J connectivity index is 1.73. The van der Waals surface area contributed by atoms with Crippen molar-refractivity contribution in [2.75, 3.05) is 26.7 Å². The first kappa shape index (κ1) is 16.5. The first-order valence-electron chi connectivity index (χ1n) is 8.36. The molecule has 0 spiro atoms. The molecule has 2 rings (SSSR count). The number of nitrogens with zero attached hydrogens (tertiary/aromatic N) is 1. The Kier molecular flexibility index (Phi) is 7.20. The molecule has 0 bridgehead atoms. The van der Waals surface area contributed by atoms with Gasteiger partial charge in [-0.25, -0.2) is 0 Å². The minimum Gasteiger partial charge on any atom is -0.377 e. The van der Waals surface area contributed by atoms with Crippen LogP contribution < -0.4 is 5.32 Å². The Morgan fingerprint density at radius 1 is 1.24 bits per heavy atom. The van der Waals surface area contributed by atoms with Gasteiger partial charge in [-0.2, -0.15) is 0 Å². The van der Waals surface area contributed by atoms with Crippen LogP contribution in [0.4, 0.5) is 0 Å². The Morgan fingerprint density at radius 2 is 2.05 bits per heavy atom. The molecule has 1 heterocycles. The van der Waals surface area contributed by atoms with Gasteiger partial charge in [-0.05, 0) is 57.5 Å². The molecule has 0 saturated carbocycles. The monoisotopic (exact) mass is 290 g/mol. The van der Waals surface area contributed by atoms with Crippen molar-refractivity contribution < 1.29 is 4.74 Å².